The van der Waals surface area contributed by atoms with Crippen LogP contribution < -0.4 is 5.73 Å². The number of nitrogens with zero attached hydrogens (tertiary/aromatic N) is 2. The highest BCUT2D eigenvalue weighted by Gasteiger charge is 2.19. The average Bonchev–Trinajstić information content (AvgIpc) is 2.74. The van der Waals surface area contributed by atoms with Crippen LogP contribution in [-0.2, 0) is 6.54 Å². The van der Waals surface area contributed by atoms with Crippen LogP contribution in [0.1, 0.15) is 30.6 Å². The Balaban J connectivity index is 2.40. The predicted octanol–water partition coefficient (Wildman–Crippen LogP) is 3.27. The monoisotopic (exact) mass is 285 g/mol. The van der Waals surface area contributed by atoms with Gasteiger partial charge in [-0.1, -0.05) is 24.6 Å². The van der Waals surface area contributed by atoms with Crippen molar-refractivity contribution >= 4 is 11.6 Å². The molecule has 0 bridgehead atoms. The smallest absolute Gasteiger partial charge is 0.159 e. The van der Waals surface area contributed by atoms with Gasteiger partial charge < -0.3 is 5.73 Å². The quantitative estimate of drug-likeness (QED) is 0.937. The highest BCUT2D eigenvalue weighted by atomic mass is 35.5. The minimum atomic E-state index is -0.925. The van der Waals surface area contributed by atoms with Crippen LogP contribution in [0.15, 0.2) is 24.4 Å². The minimum absolute atomic E-state index is 0.422. The molecule has 1 aromatic heterocycles. The second-order valence-electron chi connectivity index (χ2n) is 4.25. The first-order valence-corrected chi connectivity index (χ1v) is 6.34. The third kappa shape index (κ3) is 2.77. The van der Waals surface area contributed by atoms with E-state index >= 15 is 0 Å². The maximum absolute atomic E-state index is 13.2. The molecule has 3 nitrogen and oxygen atoms in total. The molecule has 0 saturated heterocycles. The van der Waals surface area contributed by atoms with Gasteiger partial charge in [0.2, 0.25) is 0 Å². The molecule has 102 valence electrons. The fraction of sp³-hybridized carbons (Fsp3) is 0.308. The van der Waals surface area contributed by atoms with E-state index in [9.17, 15) is 8.78 Å². The molecule has 0 spiro atoms. The summed E-state index contributed by atoms with van der Waals surface area (Å²) in [7, 11) is 0. The Morgan fingerprint density at radius 1 is 1.37 bits per heavy atom. The van der Waals surface area contributed by atoms with Gasteiger partial charge in [0.1, 0.15) is 0 Å². The molecular formula is C13H14ClF2N3. The summed E-state index contributed by atoms with van der Waals surface area (Å²) in [6, 6.07) is 2.94. The van der Waals surface area contributed by atoms with Crippen molar-refractivity contribution in [1.82, 2.24) is 9.78 Å². The first-order chi connectivity index (χ1) is 9.04. The van der Waals surface area contributed by atoms with Crippen molar-refractivity contribution in [2.75, 3.05) is 0 Å². The lowest BCUT2D eigenvalue weighted by atomic mass is 10.0. The zero-order valence-electron chi connectivity index (χ0n) is 10.4. The van der Waals surface area contributed by atoms with Crippen molar-refractivity contribution in [3.8, 4) is 0 Å². The van der Waals surface area contributed by atoms with Crippen LogP contribution in [-0.4, -0.2) is 9.78 Å². The van der Waals surface area contributed by atoms with Crippen LogP contribution in [0.3, 0.4) is 0 Å². The maximum atomic E-state index is 13.2. The molecule has 2 rings (SSSR count). The summed E-state index contributed by atoms with van der Waals surface area (Å²) in [5.41, 5.74) is 7.14. The summed E-state index contributed by atoms with van der Waals surface area (Å²) >= 11 is 6.07. The average molecular weight is 286 g/mol. The number of benzene rings is 1. The van der Waals surface area contributed by atoms with E-state index in [1.54, 1.807) is 4.68 Å². The second-order valence-corrected chi connectivity index (χ2v) is 4.66. The fourth-order valence-electron chi connectivity index (χ4n) is 1.93. The molecule has 2 aromatic rings. The first kappa shape index (κ1) is 14.0. The molecule has 1 heterocycles. The predicted molar refractivity (Wildman–Crippen MR) is 69.9 cm³/mol. The van der Waals surface area contributed by atoms with E-state index in [0.29, 0.717) is 22.8 Å². The first-order valence-electron chi connectivity index (χ1n) is 5.96. The summed E-state index contributed by atoms with van der Waals surface area (Å²) in [6.07, 6.45) is 2.38. The lowest BCUT2D eigenvalue weighted by Crippen LogP contribution is -2.18. The van der Waals surface area contributed by atoms with Gasteiger partial charge in [0.15, 0.2) is 11.6 Å². The van der Waals surface area contributed by atoms with Crippen LogP contribution in [0, 0.1) is 11.6 Å². The van der Waals surface area contributed by atoms with Crippen molar-refractivity contribution < 1.29 is 8.78 Å². The maximum Gasteiger partial charge on any atom is 0.159 e. The molecule has 0 saturated carbocycles. The van der Waals surface area contributed by atoms with Gasteiger partial charge in [0.05, 0.1) is 23.0 Å². The highest BCUT2D eigenvalue weighted by molar-refractivity contribution is 6.31. The molecule has 2 N–H and O–H groups in total. The number of rotatable bonds is 4. The lowest BCUT2D eigenvalue weighted by molar-refractivity contribution is 0.504. The Kier molecular flexibility index (Phi) is 4.17. The van der Waals surface area contributed by atoms with Gasteiger partial charge in [-0.15, -0.1) is 0 Å². The summed E-state index contributed by atoms with van der Waals surface area (Å²) in [6.45, 7) is 2.67. The molecule has 0 fully saturated rings. The number of nitrogens with two attached hydrogens (primary N) is 1. The summed E-state index contributed by atoms with van der Waals surface area (Å²) in [5, 5.41) is 4.55. The summed E-state index contributed by atoms with van der Waals surface area (Å²) < 4.78 is 27.9. The molecule has 0 radical (unpaired) electrons. The third-order valence-electron chi connectivity index (χ3n) is 2.87. The van der Waals surface area contributed by atoms with E-state index in [-0.39, 0.29) is 0 Å². The summed E-state index contributed by atoms with van der Waals surface area (Å²) in [4.78, 5) is 0. The number of halogens is 3. The fourth-order valence-corrected chi connectivity index (χ4v) is 2.19. The molecule has 1 unspecified atom stereocenters. The van der Waals surface area contributed by atoms with Crippen molar-refractivity contribution in [2.45, 2.75) is 25.9 Å². The van der Waals surface area contributed by atoms with Crippen molar-refractivity contribution in [3.05, 3.63) is 52.3 Å². The molecule has 6 heteroatoms. The van der Waals surface area contributed by atoms with E-state index < -0.39 is 17.7 Å². The van der Waals surface area contributed by atoms with Crippen molar-refractivity contribution in [1.29, 1.82) is 0 Å². The van der Waals surface area contributed by atoms with E-state index in [1.807, 2.05) is 6.92 Å². The van der Waals surface area contributed by atoms with Gasteiger partial charge in [0, 0.05) is 6.54 Å². The second kappa shape index (κ2) is 5.67. The molecule has 0 aliphatic rings. The van der Waals surface area contributed by atoms with E-state index in [2.05, 4.69) is 5.10 Å². The molecule has 1 atom stereocenters. The van der Waals surface area contributed by atoms with Crippen molar-refractivity contribution in [3.63, 3.8) is 0 Å². The van der Waals surface area contributed by atoms with Crippen LogP contribution >= 0.6 is 11.6 Å². The zero-order valence-corrected chi connectivity index (χ0v) is 11.2. The molecule has 19 heavy (non-hydrogen) atoms. The van der Waals surface area contributed by atoms with E-state index in [1.165, 1.54) is 12.3 Å². The van der Waals surface area contributed by atoms with Crippen LogP contribution in [0.25, 0.3) is 0 Å². The topological polar surface area (TPSA) is 43.8 Å². The van der Waals surface area contributed by atoms with Gasteiger partial charge in [-0.05, 0) is 24.1 Å². The van der Waals surface area contributed by atoms with Gasteiger partial charge >= 0.3 is 0 Å². The minimum Gasteiger partial charge on any atom is -0.319 e. The Labute approximate surface area is 115 Å². The standard InChI is InChI=1S/C13H14ClF2N3/c1-2-5-19-13(9(14)7-18-19)12(17)8-3-4-10(15)11(16)6-8/h3-4,6-7,12H,2,5,17H2,1H3. The zero-order chi connectivity index (χ0) is 14.0. The van der Waals surface area contributed by atoms with Gasteiger partial charge in [-0.3, -0.25) is 4.68 Å². The number of hydrogen-bond donors (Lipinski definition) is 1. The molecule has 1 aromatic carbocycles. The number of aryl methyl sites for hydroxylation is 1. The lowest BCUT2D eigenvalue weighted by Gasteiger charge is -2.15. The number of aromatic nitrogens is 2. The highest BCUT2D eigenvalue weighted by Crippen LogP contribution is 2.27. The van der Waals surface area contributed by atoms with E-state index in [4.69, 9.17) is 17.3 Å². The number of hydrogen-bond acceptors (Lipinski definition) is 2. The Morgan fingerprint density at radius 2 is 2.11 bits per heavy atom. The van der Waals surface area contributed by atoms with Crippen LogP contribution in [0.5, 0.6) is 0 Å². The third-order valence-corrected chi connectivity index (χ3v) is 3.16. The van der Waals surface area contributed by atoms with Gasteiger partial charge in [0.25, 0.3) is 0 Å². The van der Waals surface area contributed by atoms with Crippen LogP contribution in [0.2, 0.25) is 5.02 Å². The molecule has 0 amide bonds. The van der Waals surface area contributed by atoms with Gasteiger partial charge in [-0.2, -0.15) is 5.10 Å². The van der Waals surface area contributed by atoms with Crippen molar-refractivity contribution in [2.24, 2.45) is 5.73 Å². The molecule has 0 aliphatic carbocycles. The Hall–Kier alpha value is -1.46. The van der Waals surface area contributed by atoms with Crippen LogP contribution in [0.4, 0.5) is 8.78 Å². The SMILES string of the molecule is CCCn1ncc(Cl)c1C(N)c1ccc(F)c(F)c1. The Bertz CT molecular complexity index is 583. The Morgan fingerprint density at radius 3 is 2.74 bits per heavy atom. The summed E-state index contributed by atoms with van der Waals surface area (Å²) in [5.74, 6) is -1.82. The van der Waals surface area contributed by atoms with E-state index in [0.717, 1.165) is 18.6 Å². The molecule has 0 aliphatic heterocycles. The normalized spacial score (nSPS) is 12.7. The van der Waals surface area contributed by atoms with Gasteiger partial charge in [-0.25, -0.2) is 8.78 Å². The molecular weight excluding hydrogens is 272 g/mol. The largest absolute Gasteiger partial charge is 0.319 e.